The Hall–Kier alpha value is -2.05. The van der Waals surface area contributed by atoms with Crippen LogP contribution in [0.5, 0.6) is 0 Å². The second-order valence-electron chi connectivity index (χ2n) is 3.32. The molecule has 1 aliphatic heterocycles. The van der Waals surface area contributed by atoms with Gasteiger partial charge in [0, 0.05) is 12.6 Å². The average Bonchev–Trinajstić information content (AvgIpc) is 2.65. The molecule has 1 atom stereocenters. The van der Waals surface area contributed by atoms with E-state index in [0.29, 0.717) is 11.3 Å². The quantitative estimate of drug-likeness (QED) is 0.683. The van der Waals surface area contributed by atoms with Gasteiger partial charge in [0.1, 0.15) is 0 Å². The Kier molecular flexibility index (Phi) is 1.88. The van der Waals surface area contributed by atoms with Crippen molar-refractivity contribution in [3.63, 3.8) is 0 Å². The van der Waals surface area contributed by atoms with E-state index in [4.69, 9.17) is 10.2 Å². The average molecular weight is 211 g/mol. The first-order valence-corrected chi connectivity index (χ1v) is 4.25. The first-order chi connectivity index (χ1) is 7.02. The molecule has 0 aliphatic carbocycles. The van der Waals surface area contributed by atoms with Gasteiger partial charge < -0.3 is 10.2 Å². The van der Waals surface area contributed by atoms with Crippen molar-refractivity contribution in [1.82, 2.24) is 14.7 Å². The number of hydrogen-bond acceptors (Lipinski definition) is 3. The minimum Gasteiger partial charge on any atom is -0.479 e. The van der Waals surface area contributed by atoms with E-state index in [1.807, 2.05) is 0 Å². The standard InChI is InChI=1S/C8H9N3O4/c1-10-5-3-11(8(14)15)6(7(12)13)4(5)2-9-10/h2,6H,3H2,1H3,(H,12,13)(H,14,15)/t6-/m1/s1. The predicted octanol–water partition coefficient (Wildman–Crippen LogP) is 0.0394. The molecule has 0 unspecified atom stereocenters. The monoisotopic (exact) mass is 211 g/mol. The fourth-order valence-corrected chi connectivity index (χ4v) is 1.77. The van der Waals surface area contributed by atoms with Gasteiger partial charge in [-0.05, 0) is 0 Å². The van der Waals surface area contributed by atoms with Gasteiger partial charge in [-0.1, -0.05) is 0 Å². The summed E-state index contributed by atoms with van der Waals surface area (Å²) < 4.78 is 1.49. The summed E-state index contributed by atoms with van der Waals surface area (Å²) in [4.78, 5) is 22.7. The van der Waals surface area contributed by atoms with Gasteiger partial charge in [-0.15, -0.1) is 0 Å². The summed E-state index contributed by atoms with van der Waals surface area (Å²) in [6.45, 7) is 0.0676. The third-order valence-corrected chi connectivity index (χ3v) is 2.50. The van der Waals surface area contributed by atoms with Crippen LogP contribution in [-0.4, -0.2) is 37.0 Å². The highest BCUT2D eigenvalue weighted by molar-refractivity contribution is 5.82. The summed E-state index contributed by atoms with van der Waals surface area (Å²) in [5, 5.41) is 21.7. The second kappa shape index (κ2) is 2.97. The molecule has 1 amide bonds. The third kappa shape index (κ3) is 1.24. The largest absolute Gasteiger partial charge is 0.479 e. The SMILES string of the molecule is Cn1ncc2c1CN(C(=O)O)[C@H]2C(=O)O. The Balaban J connectivity index is 2.46. The molecule has 2 rings (SSSR count). The fourth-order valence-electron chi connectivity index (χ4n) is 1.77. The molecule has 0 saturated heterocycles. The normalized spacial score (nSPS) is 19.0. The third-order valence-electron chi connectivity index (χ3n) is 2.50. The van der Waals surface area contributed by atoms with Gasteiger partial charge in [0.2, 0.25) is 0 Å². The molecule has 2 heterocycles. The van der Waals surface area contributed by atoms with Crippen molar-refractivity contribution in [3.8, 4) is 0 Å². The van der Waals surface area contributed by atoms with E-state index >= 15 is 0 Å². The Bertz CT molecular complexity index is 439. The maximum absolute atomic E-state index is 10.9. The molecule has 0 fully saturated rings. The van der Waals surface area contributed by atoms with E-state index in [9.17, 15) is 9.59 Å². The van der Waals surface area contributed by atoms with Gasteiger partial charge in [-0.25, -0.2) is 9.59 Å². The first kappa shape index (κ1) is 9.50. The number of fused-ring (bicyclic) bond motifs is 1. The topological polar surface area (TPSA) is 95.7 Å². The van der Waals surface area contributed by atoms with Crippen molar-refractivity contribution >= 4 is 12.1 Å². The van der Waals surface area contributed by atoms with Crippen LogP contribution in [0.25, 0.3) is 0 Å². The van der Waals surface area contributed by atoms with Crippen LogP contribution in [0.4, 0.5) is 4.79 Å². The number of rotatable bonds is 1. The molecule has 7 nitrogen and oxygen atoms in total. The molecule has 0 bridgehead atoms. The lowest BCUT2D eigenvalue weighted by molar-refractivity contribution is -0.142. The van der Waals surface area contributed by atoms with Gasteiger partial charge in [-0.3, -0.25) is 9.58 Å². The van der Waals surface area contributed by atoms with Crippen molar-refractivity contribution in [2.75, 3.05) is 0 Å². The van der Waals surface area contributed by atoms with E-state index in [0.717, 1.165) is 4.90 Å². The first-order valence-electron chi connectivity index (χ1n) is 4.25. The van der Waals surface area contributed by atoms with Crippen LogP contribution < -0.4 is 0 Å². The molecule has 7 heteroatoms. The predicted molar refractivity (Wildman–Crippen MR) is 47.2 cm³/mol. The number of hydrogen-bond donors (Lipinski definition) is 2. The van der Waals surface area contributed by atoms with Crippen molar-refractivity contribution in [3.05, 3.63) is 17.5 Å². The van der Waals surface area contributed by atoms with Gasteiger partial charge in [0.05, 0.1) is 18.4 Å². The van der Waals surface area contributed by atoms with Crippen molar-refractivity contribution < 1.29 is 19.8 Å². The summed E-state index contributed by atoms with van der Waals surface area (Å²) in [5.41, 5.74) is 1.08. The van der Waals surface area contributed by atoms with Crippen molar-refractivity contribution in [2.45, 2.75) is 12.6 Å². The van der Waals surface area contributed by atoms with Gasteiger partial charge in [0.25, 0.3) is 0 Å². The number of carbonyl (C=O) groups is 2. The summed E-state index contributed by atoms with van der Waals surface area (Å²) in [6, 6.07) is -1.13. The fraction of sp³-hybridized carbons (Fsp3) is 0.375. The molecule has 80 valence electrons. The zero-order valence-electron chi connectivity index (χ0n) is 7.91. The van der Waals surface area contributed by atoms with Gasteiger partial charge in [0.15, 0.2) is 6.04 Å². The molecule has 2 N–H and O–H groups in total. The molecule has 1 aromatic rings. The van der Waals surface area contributed by atoms with Crippen LogP contribution in [0.1, 0.15) is 17.3 Å². The van der Waals surface area contributed by atoms with Crippen LogP contribution in [0, 0.1) is 0 Å². The Morgan fingerprint density at radius 1 is 1.53 bits per heavy atom. The van der Waals surface area contributed by atoms with E-state index in [1.54, 1.807) is 7.05 Å². The molecular weight excluding hydrogens is 202 g/mol. The number of carboxylic acids is 1. The van der Waals surface area contributed by atoms with E-state index in [2.05, 4.69) is 5.10 Å². The summed E-state index contributed by atoms with van der Waals surface area (Å²) in [6.07, 6.45) is 0.162. The summed E-state index contributed by atoms with van der Waals surface area (Å²) in [7, 11) is 1.66. The number of aliphatic carboxylic acids is 1. The van der Waals surface area contributed by atoms with E-state index in [1.165, 1.54) is 10.9 Å². The number of nitrogens with zero attached hydrogens (tertiary/aromatic N) is 3. The maximum Gasteiger partial charge on any atom is 0.408 e. The summed E-state index contributed by atoms with van der Waals surface area (Å²) >= 11 is 0. The van der Waals surface area contributed by atoms with Crippen molar-refractivity contribution in [2.24, 2.45) is 7.05 Å². The smallest absolute Gasteiger partial charge is 0.408 e. The lowest BCUT2D eigenvalue weighted by atomic mass is 10.1. The molecule has 0 saturated carbocycles. The second-order valence-corrected chi connectivity index (χ2v) is 3.32. The van der Waals surface area contributed by atoms with Crippen LogP contribution in [0.2, 0.25) is 0 Å². The number of amides is 1. The lowest BCUT2D eigenvalue weighted by Crippen LogP contribution is -2.32. The lowest BCUT2D eigenvalue weighted by Gasteiger charge is -2.17. The Labute approximate surface area is 84.5 Å². The maximum atomic E-state index is 10.9. The molecule has 0 radical (unpaired) electrons. The molecule has 0 aromatic carbocycles. The zero-order valence-corrected chi connectivity index (χ0v) is 7.91. The van der Waals surface area contributed by atoms with Gasteiger partial charge in [-0.2, -0.15) is 5.10 Å². The zero-order chi connectivity index (χ0) is 11.2. The molecule has 1 aliphatic rings. The van der Waals surface area contributed by atoms with Crippen LogP contribution >= 0.6 is 0 Å². The van der Waals surface area contributed by atoms with Crippen LogP contribution in [-0.2, 0) is 18.4 Å². The molecule has 0 spiro atoms. The highest BCUT2D eigenvalue weighted by Crippen LogP contribution is 2.33. The minimum atomic E-state index is -1.24. The minimum absolute atomic E-state index is 0.0676. The molecule has 1 aromatic heterocycles. The number of aryl methyl sites for hydroxylation is 1. The number of carboxylic acid groups (broad SMARTS) is 2. The van der Waals surface area contributed by atoms with E-state index in [-0.39, 0.29) is 6.54 Å². The Morgan fingerprint density at radius 2 is 2.20 bits per heavy atom. The highest BCUT2D eigenvalue weighted by Gasteiger charge is 2.40. The van der Waals surface area contributed by atoms with Crippen LogP contribution in [0.3, 0.4) is 0 Å². The summed E-state index contributed by atoms with van der Waals surface area (Å²) in [5.74, 6) is -1.18. The molecular formula is C8H9N3O4. The number of aromatic nitrogens is 2. The van der Waals surface area contributed by atoms with Crippen LogP contribution in [0.15, 0.2) is 6.20 Å². The van der Waals surface area contributed by atoms with Crippen molar-refractivity contribution in [1.29, 1.82) is 0 Å². The van der Waals surface area contributed by atoms with E-state index < -0.39 is 18.1 Å². The van der Waals surface area contributed by atoms with Gasteiger partial charge >= 0.3 is 12.1 Å². The highest BCUT2D eigenvalue weighted by atomic mass is 16.4. The molecule has 15 heavy (non-hydrogen) atoms. The Morgan fingerprint density at radius 3 is 2.73 bits per heavy atom.